The highest BCUT2D eigenvalue weighted by Crippen LogP contribution is 2.28. The van der Waals surface area contributed by atoms with Crippen molar-refractivity contribution in [2.45, 2.75) is 23.9 Å². The Morgan fingerprint density at radius 3 is 2.85 bits per heavy atom. The maximum absolute atomic E-state index is 14.0. The van der Waals surface area contributed by atoms with Crippen LogP contribution >= 0.6 is 0 Å². The second kappa shape index (κ2) is 7.05. The van der Waals surface area contributed by atoms with Gasteiger partial charge >= 0.3 is 0 Å². The highest BCUT2D eigenvalue weighted by Gasteiger charge is 2.33. The largest absolute Gasteiger partial charge is 0.395 e. The molecule has 1 aliphatic rings. The molecule has 140 valence electrons. The topological polar surface area (TPSA) is 104 Å². The van der Waals surface area contributed by atoms with Gasteiger partial charge in [-0.2, -0.15) is 14.3 Å². The number of benzene rings is 1. The van der Waals surface area contributed by atoms with Crippen molar-refractivity contribution in [3.63, 3.8) is 0 Å². The summed E-state index contributed by atoms with van der Waals surface area (Å²) in [4.78, 5) is 14.8. The normalized spacial score (nSPS) is 15.6. The zero-order valence-corrected chi connectivity index (χ0v) is 14.9. The molecule has 27 heavy (non-hydrogen) atoms. The van der Waals surface area contributed by atoms with Gasteiger partial charge in [0.25, 0.3) is 0 Å². The molecule has 1 aliphatic heterocycles. The van der Waals surface area contributed by atoms with Gasteiger partial charge in [-0.05, 0) is 6.07 Å². The molecule has 0 bridgehead atoms. The van der Waals surface area contributed by atoms with Crippen molar-refractivity contribution < 1.29 is 18.5 Å². The molecule has 0 aliphatic carbocycles. The molecule has 0 saturated heterocycles. The summed E-state index contributed by atoms with van der Waals surface area (Å²) in [6.07, 6.45) is 4.61. The molecule has 0 radical (unpaired) electrons. The molecule has 1 aromatic carbocycles. The summed E-state index contributed by atoms with van der Waals surface area (Å²) < 4.78 is 27.7. The number of carbonyl (C=O) groups excluding carboxylic acids is 1. The van der Waals surface area contributed by atoms with E-state index in [-0.39, 0.29) is 24.6 Å². The third-order valence-corrected chi connectivity index (χ3v) is 5.63. The lowest BCUT2D eigenvalue weighted by Crippen LogP contribution is -2.33. The number of hydrogen-bond donors (Lipinski definition) is 2. The number of fused-ring (bicyclic) bond motifs is 1. The van der Waals surface area contributed by atoms with E-state index < -0.39 is 29.3 Å². The minimum absolute atomic E-state index is 0.167. The molecule has 10 heteroatoms. The van der Waals surface area contributed by atoms with Crippen molar-refractivity contribution in [3.8, 4) is 0 Å². The highest BCUT2D eigenvalue weighted by molar-refractivity contribution is 7.83. The highest BCUT2D eigenvalue weighted by atomic mass is 32.2. The number of halogens is 1. The van der Waals surface area contributed by atoms with Gasteiger partial charge in [0.05, 0.1) is 35.9 Å². The van der Waals surface area contributed by atoms with Gasteiger partial charge in [-0.25, -0.2) is 8.60 Å². The van der Waals surface area contributed by atoms with Gasteiger partial charge in [0.15, 0.2) is 11.0 Å². The van der Waals surface area contributed by atoms with Gasteiger partial charge < -0.3 is 10.0 Å². The Balaban J connectivity index is 1.51. The summed E-state index contributed by atoms with van der Waals surface area (Å²) in [5.41, 5.74) is 1.57. The maximum Gasteiger partial charge on any atom is 0.233 e. The van der Waals surface area contributed by atoms with E-state index in [1.165, 1.54) is 39.6 Å². The minimum Gasteiger partial charge on any atom is -0.395 e. The third-order valence-electron chi connectivity index (χ3n) is 4.48. The number of hydrogen-bond acceptors (Lipinski definition) is 5. The molecule has 2 atom stereocenters. The van der Waals surface area contributed by atoms with Crippen molar-refractivity contribution in [2.75, 3.05) is 6.61 Å². The SMILES string of the molecule is O=C(C(CO)c1ccccc1F)N1Cc2cn(S(=O)c3cn[nH]c3)nc2C1. The summed E-state index contributed by atoms with van der Waals surface area (Å²) in [6.45, 7) is -0.00512. The van der Waals surface area contributed by atoms with Crippen LogP contribution in [0.5, 0.6) is 0 Å². The van der Waals surface area contributed by atoms with Crippen LogP contribution in [-0.2, 0) is 28.9 Å². The molecule has 0 spiro atoms. The Kier molecular flexibility index (Phi) is 4.58. The predicted octanol–water partition coefficient (Wildman–Crippen LogP) is 0.934. The van der Waals surface area contributed by atoms with Crippen LogP contribution in [0.3, 0.4) is 0 Å². The molecule has 0 saturated carbocycles. The molecular formula is C17H16FN5O3S. The van der Waals surface area contributed by atoms with Crippen LogP contribution < -0.4 is 0 Å². The molecule has 0 fully saturated rings. The van der Waals surface area contributed by atoms with Crippen molar-refractivity contribution in [1.29, 1.82) is 0 Å². The first-order chi connectivity index (χ1) is 13.1. The van der Waals surface area contributed by atoms with E-state index in [2.05, 4.69) is 15.3 Å². The van der Waals surface area contributed by atoms with Gasteiger partial charge in [-0.15, -0.1) is 0 Å². The third kappa shape index (κ3) is 3.17. The lowest BCUT2D eigenvalue weighted by atomic mass is 9.98. The first-order valence-electron chi connectivity index (χ1n) is 8.21. The lowest BCUT2D eigenvalue weighted by Gasteiger charge is -2.22. The van der Waals surface area contributed by atoms with E-state index in [4.69, 9.17) is 0 Å². The Hall–Kier alpha value is -2.85. The van der Waals surface area contributed by atoms with E-state index in [9.17, 15) is 18.5 Å². The standard InChI is InChI=1S/C17H16FN5O3S/c18-15-4-2-1-3-13(15)14(10-24)17(25)22-7-11-8-23(21-16(11)9-22)27(26)12-5-19-20-6-12/h1-6,8,14,24H,7,9-10H2,(H,19,20). The molecular weight excluding hydrogens is 373 g/mol. The average molecular weight is 389 g/mol. The number of aliphatic hydroxyl groups excluding tert-OH is 1. The number of amides is 1. The molecule has 8 nitrogen and oxygen atoms in total. The number of nitrogens with one attached hydrogen (secondary N) is 1. The lowest BCUT2D eigenvalue weighted by molar-refractivity contribution is -0.134. The van der Waals surface area contributed by atoms with Crippen LogP contribution in [0, 0.1) is 5.82 Å². The average Bonchev–Trinajstić information content (AvgIpc) is 3.39. The Morgan fingerprint density at radius 2 is 2.19 bits per heavy atom. The molecule has 2 N–H and O–H groups in total. The van der Waals surface area contributed by atoms with Crippen LogP contribution in [-0.4, -0.2) is 46.1 Å². The van der Waals surface area contributed by atoms with Crippen LogP contribution in [0.25, 0.3) is 0 Å². The van der Waals surface area contributed by atoms with E-state index in [1.807, 2.05) is 0 Å². The molecule has 3 aromatic rings. The van der Waals surface area contributed by atoms with Gasteiger partial charge in [-0.1, -0.05) is 18.2 Å². The van der Waals surface area contributed by atoms with Crippen LogP contribution in [0.4, 0.5) is 4.39 Å². The molecule has 1 amide bonds. The van der Waals surface area contributed by atoms with E-state index in [0.717, 1.165) is 5.56 Å². The fourth-order valence-electron chi connectivity index (χ4n) is 3.10. The number of nitrogens with zero attached hydrogens (tertiary/aromatic N) is 4. The Morgan fingerprint density at radius 1 is 1.37 bits per heavy atom. The quantitative estimate of drug-likeness (QED) is 0.676. The van der Waals surface area contributed by atoms with Gasteiger partial charge in [0, 0.05) is 30.1 Å². The van der Waals surface area contributed by atoms with Crippen LogP contribution in [0.2, 0.25) is 0 Å². The van der Waals surface area contributed by atoms with Crippen molar-refractivity contribution >= 4 is 16.9 Å². The predicted molar refractivity (Wildman–Crippen MR) is 93.1 cm³/mol. The number of carbonyl (C=O) groups is 1. The molecule has 2 unspecified atom stereocenters. The zero-order valence-electron chi connectivity index (χ0n) is 14.1. The van der Waals surface area contributed by atoms with E-state index in [0.29, 0.717) is 10.6 Å². The summed E-state index contributed by atoms with van der Waals surface area (Å²) in [5.74, 6) is -1.87. The van der Waals surface area contributed by atoms with E-state index >= 15 is 0 Å². The first-order valence-corrected chi connectivity index (χ1v) is 9.31. The Bertz CT molecular complexity index is 980. The number of rotatable bonds is 5. The fraction of sp³-hybridized carbons (Fsp3) is 0.235. The summed E-state index contributed by atoms with van der Waals surface area (Å²) >= 11 is 0. The number of aliphatic hydroxyl groups is 1. The molecule has 4 rings (SSSR count). The smallest absolute Gasteiger partial charge is 0.233 e. The second-order valence-electron chi connectivity index (χ2n) is 6.14. The summed E-state index contributed by atoms with van der Waals surface area (Å²) in [6, 6.07) is 5.92. The summed E-state index contributed by atoms with van der Waals surface area (Å²) in [5, 5.41) is 20.3. The number of aromatic amines is 1. The summed E-state index contributed by atoms with van der Waals surface area (Å²) in [7, 11) is -1.52. The first kappa shape index (κ1) is 17.6. The molecule has 3 heterocycles. The number of H-pyrrole nitrogens is 1. The fourth-order valence-corrected chi connectivity index (χ4v) is 4.01. The maximum atomic E-state index is 14.0. The minimum atomic E-state index is -1.52. The van der Waals surface area contributed by atoms with Gasteiger partial charge in [-0.3, -0.25) is 9.89 Å². The van der Waals surface area contributed by atoms with Crippen molar-refractivity contribution in [3.05, 3.63) is 65.5 Å². The zero-order chi connectivity index (χ0) is 19.0. The van der Waals surface area contributed by atoms with Crippen LogP contribution in [0.15, 0.2) is 47.8 Å². The monoisotopic (exact) mass is 389 g/mol. The van der Waals surface area contributed by atoms with E-state index in [1.54, 1.807) is 12.3 Å². The van der Waals surface area contributed by atoms with Gasteiger partial charge in [0.1, 0.15) is 5.82 Å². The van der Waals surface area contributed by atoms with Crippen molar-refractivity contribution in [2.24, 2.45) is 0 Å². The molecule has 2 aromatic heterocycles. The van der Waals surface area contributed by atoms with Crippen LogP contribution in [0.1, 0.15) is 22.7 Å². The Labute approximate surface area is 156 Å². The second-order valence-corrected chi connectivity index (χ2v) is 7.48. The van der Waals surface area contributed by atoms with Gasteiger partial charge in [0.2, 0.25) is 5.91 Å². The van der Waals surface area contributed by atoms with Crippen molar-refractivity contribution in [1.82, 2.24) is 24.3 Å². The number of aromatic nitrogens is 4.